The Labute approximate surface area is 116 Å². The molecule has 0 bridgehead atoms. The first-order valence-electron chi connectivity index (χ1n) is 6.03. The Balaban J connectivity index is 2.36. The Morgan fingerprint density at radius 1 is 1.45 bits per heavy atom. The van der Waals surface area contributed by atoms with Gasteiger partial charge >= 0.3 is 0 Å². The fourth-order valence-electron chi connectivity index (χ4n) is 2.07. The lowest BCUT2D eigenvalue weighted by atomic mass is 10.2. The monoisotopic (exact) mass is 299 g/mol. The molecule has 0 spiro atoms. The number of aromatic amines is 1. The lowest BCUT2D eigenvalue weighted by molar-refractivity contribution is 0.493. The molecule has 0 aliphatic carbocycles. The minimum atomic E-state index is -3.75. The highest BCUT2D eigenvalue weighted by atomic mass is 32.2. The van der Waals surface area contributed by atoms with Gasteiger partial charge in [-0.05, 0) is 20.8 Å². The Bertz CT molecular complexity index is 690. The number of H-pyrrole nitrogens is 1. The molecule has 0 amide bonds. The van der Waals surface area contributed by atoms with Crippen LogP contribution in [0.4, 0.5) is 0 Å². The topological polar surface area (TPSA) is 127 Å². The van der Waals surface area contributed by atoms with Crippen molar-refractivity contribution < 1.29 is 12.8 Å². The van der Waals surface area contributed by atoms with E-state index in [0.29, 0.717) is 22.9 Å². The molecule has 2 aromatic heterocycles. The molecule has 0 aromatic carbocycles. The average Bonchev–Trinajstić information content (AvgIpc) is 2.95. The second-order valence-corrected chi connectivity index (χ2v) is 6.09. The summed E-state index contributed by atoms with van der Waals surface area (Å²) in [6, 6.07) is -0.539. The zero-order valence-electron chi connectivity index (χ0n) is 11.5. The minimum Gasteiger partial charge on any atom is -0.465 e. The van der Waals surface area contributed by atoms with Crippen LogP contribution in [0.2, 0.25) is 0 Å². The number of nitrogens with zero attached hydrogens (tertiary/aromatic N) is 2. The highest BCUT2D eigenvalue weighted by molar-refractivity contribution is 7.89. The van der Waals surface area contributed by atoms with E-state index in [2.05, 4.69) is 19.9 Å². The van der Waals surface area contributed by atoms with Crippen LogP contribution in [0.3, 0.4) is 0 Å². The fraction of sp³-hybridized carbons (Fsp3) is 0.455. The van der Waals surface area contributed by atoms with Crippen molar-refractivity contribution in [2.24, 2.45) is 5.73 Å². The Kier molecular flexibility index (Phi) is 3.93. The first-order valence-corrected chi connectivity index (χ1v) is 7.51. The van der Waals surface area contributed by atoms with Gasteiger partial charge in [-0.3, -0.25) is 5.10 Å². The predicted octanol–water partition coefficient (Wildman–Crippen LogP) is 0.513. The SMILES string of the molecule is Cc1oc(C)c(S(=O)(=O)NC(C)c2ncn[nH]2)c1CN. The number of rotatable bonds is 5. The third-order valence-corrected chi connectivity index (χ3v) is 4.71. The van der Waals surface area contributed by atoms with Crippen LogP contribution in [0.25, 0.3) is 0 Å². The molecule has 1 atom stereocenters. The number of furan rings is 1. The van der Waals surface area contributed by atoms with Gasteiger partial charge < -0.3 is 10.2 Å². The van der Waals surface area contributed by atoms with Crippen molar-refractivity contribution in [3.63, 3.8) is 0 Å². The van der Waals surface area contributed by atoms with Crippen LogP contribution in [0.5, 0.6) is 0 Å². The summed E-state index contributed by atoms with van der Waals surface area (Å²) >= 11 is 0. The van der Waals surface area contributed by atoms with Gasteiger partial charge in [-0.25, -0.2) is 18.1 Å². The molecule has 0 radical (unpaired) electrons. The van der Waals surface area contributed by atoms with Gasteiger partial charge in [0.2, 0.25) is 10.0 Å². The van der Waals surface area contributed by atoms with Gasteiger partial charge in [0, 0.05) is 12.1 Å². The van der Waals surface area contributed by atoms with E-state index in [4.69, 9.17) is 10.2 Å². The zero-order valence-corrected chi connectivity index (χ0v) is 12.3. The molecule has 0 fully saturated rings. The average molecular weight is 299 g/mol. The molecule has 2 rings (SSSR count). The first-order chi connectivity index (χ1) is 9.36. The number of nitrogens with one attached hydrogen (secondary N) is 2. The molecular weight excluding hydrogens is 282 g/mol. The second-order valence-electron chi connectivity index (χ2n) is 4.44. The first kappa shape index (κ1) is 14.7. The maximum atomic E-state index is 12.5. The summed E-state index contributed by atoms with van der Waals surface area (Å²) in [5.74, 6) is 1.26. The number of sulfonamides is 1. The van der Waals surface area contributed by atoms with E-state index < -0.39 is 16.1 Å². The molecule has 2 aromatic rings. The van der Waals surface area contributed by atoms with Crippen LogP contribution in [0.15, 0.2) is 15.6 Å². The highest BCUT2D eigenvalue weighted by Gasteiger charge is 2.28. The van der Waals surface area contributed by atoms with E-state index in [0.717, 1.165) is 0 Å². The van der Waals surface area contributed by atoms with Crippen LogP contribution < -0.4 is 10.5 Å². The standard InChI is InChI=1S/C11H17N5O3S/c1-6(11-13-5-14-15-11)16-20(17,18)10-8(3)19-7(2)9(10)4-12/h5-6,16H,4,12H2,1-3H3,(H,13,14,15). The maximum absolute atomic E-state index is 12.5. The van der Waals surface area contributed by atoms with E-state index in [9.17, 15) is 8.42 Å². The van der Waals surface area contributed by atoms with Gasteiger partial charge in [0.25, 0.3) is 0 Å². The molecule has 110 valence electrons. The number of hydrogen-bond donors (Lipinski definition) is 3. The predicted molar refractivity (Wildman–Crippen MR) is 71.2 cm³/mol. The second kappa shape index (κ2) is 5.35. The van der Waals surface area contributed by atoms with Gasteiger partial charge in [-0.15, -0.1) is 0 Å². The van der Waals surface area contributed by atoms with Crippen LogP contribution in [0.1, 0.15) is 35.9 Å². The largest absolute Gasteiger partial charge is 0.465 e. The number of hydrogen-bond acceptors (Lipinski definition) is 6. The molecule has 4 N–H and O–H groups in total. The van der Waals surface area contributed by atoms with Gasteiger partial charge in [-0.2, -0.15) is 5.10 Å². The van der Waals surface area contributed by atoms with Gasteiger partial charge in [-0.1, -0.05) is 0 Å². The Morgan fingerprint density at radius 2 is 2.15 bits per heavy atom. The van der Waals surface area contributed by atoms with Crippen molar-refractivity contribution >= 4 is 10.0 Å². The van der Waals surface area contributed by atoms with Crippen molar-refractivity contribution in [3.05, 3.63) is 29.2 Å². The van der Waals surface area contributed by atoms with Crippen LogP contribution in [-0.2, 0) is 16.6 Å². The third-order valence-electron chi connectivity index (χ3n) is 2.97. The van der Waals surface area contributed by atoms with E-state index in [1.807, 2.05) is 0 Å². The highest BCUT2D eigenvalue weighted by Crippen LogP contribution is 2.27. The summed E-state index contributed by atoms with van der Waals surface area (Å²) in [4.78, 5) is 4.02. The zero-order chi connectivity index (χ0) is 14.9. The minimum absolute atomic E-state index is 0.0934. The van der Waals surface area contributed by atoms with E-state index in [1.54, 1.807) is 20.8 Å². The molecule has 0 saturated heterocycles. The van der Waals surface area contributed by atoms with Crippen molar-refractivity contribution in [2.45, 2.75) is 38.3 Å². The van der Waals surface area contributed by atoms with Crippen molar-refractivity contribution in [1.29, 1.82) is 0 Å². The van der Waals surface area contributed by atoms with E-state index in [1.165, 1.54) is 6.33 Å². The summed E-state index contributed by atoms with van der Waals surface area (Å²) in [6.45, 7) is 5.05. The van der Waals surface area contributed by atoms with Crippen LogP contribution in [-0.4, -0.2) is 23.6 Å². The molecule has 0 saturated carbocycles. The molecule has 1 unspecified atom stereocenters. The normalized spacial score (nSPS) is 13.6. The lowest BCUT2D eigenvalue weighted by Crippen LogP contribution is -2.28. The van der Waals surface area contributed by atoms with Crippen molar-refractivity contribution in [2.75, 3.05) is 0 Å². The summed E-state index contributed by atoms with van der Waals surface area (Å²) in [5.41, 5.74) is 6.09. The fourth-order valence-corrected chi connectivity index (χ4v) is 3.74. The van der Waals surface area contributed by atoms with Crippen LogP contribution in [0, 0.1) is 13.8 Å². The molecule has 8 nitrogen and oxygen atoms in total. The summed E-state index contributed by atoms with van der Waals surface area (Å²) in [6.07, 6.45) is 1.32. The molecule has 20 heavy (non-hydrogen) atoms. The Morgan fingerprint density at radius 3 is 2.70 bits per heavy atom. The molecule has 0 aliphatic rings. The summed E-state index contributed by atoms with van der Waals surface area (Å²) in [5, 5.41) is 6.32. The maximum Gasteiger partial charge on any atom is 0.245 e. The van der Waals surface area contributed by atoms with Gasteiger partial charge in [0.05, 0.1) is 6.04 Å². The third kappa shape index (κ3) is 2.60. The number of aryl methyl sites for hydroxylation is 2. The molecule has 0 aliphatic heterocycles. The van der Waals surface area contributed by atoms with Crippen molar-refractivity contribution in [1.82, 2.24) is 19.9 Å². The number of nitrogens with two attached hydrogens (primary N) is 1. The molecule has 2 heterocycles. The molecular formula is C11H17N5O3S. The van der Waals surface area contributed by atoms with Gasteiger partial charge in [0.15, 0.2) is 0 Å². The van der Waals surface area contributed by atoms with Crippen LogP contribution >= 0.6 is 0 Å². The quantitative estimate of drug-likeness (QED) is 0.738. The van der Waals surface area contributed by atoms with E-state index >= 15 is 0 Å². The van der Waals surface area contributed by atoms with Gasteiger partial charge in [0.1, 0.15) is 28.6 Å². The summed E-state index contributed by atoms with van der Waals surface area (Å²) < 4.78 is 32.8. The summed E-state index contributed by atoms with van der Waals surface area (Å²) in [7, 11) is -3.75. The Hall–Kier alpha value is -1.71. The van der Waals surface area contributed by atoms with Crippen molar-refractivity contribution in [3.8, 4) is 0 Å². The van der Waals surface area contributed by atoms with E-state index in [-0.39, 0.29) is 11.4 Å². The number of aromatic nitrogens is 3. The smallest absolute Gasteiger partial charge is 0.245 e. The molecule has 9 heteroatoms. The lowest BCUT2D eigenvalue weighted by Gasteiger charge is -2.12.